The molecule has 0 bridgehead atoms. The van der Waals surface area contributed by atoms with Crippen molar-refractivity contribution in [2.75, 3.05) is 6.54 Å². The van der Waals surface area contributed by atoms with Gasteiger partial charge in [-0.1, -0.05) is 0 Å². The van der Waals surface area contributed by atoms with Crippen molar-refractivity contribution in [2.24, 2.45) is 4.99 Å². The second kappa shape index (κ2) is 4.80. The molecule has 0 saturated heterocycles. The molecule has 0 amide bonds. The lowest BCUT2D eigenvalue weighted by molar-refractivity contribution is 0.306. The SMILES string of the molecule is CC(NC1=NCCCC1)(P(=O)(O)O)P(=O)(O)O. The zero-order valence-electron chi connectivity index (χ0n) is 9.28. The Balaban J connectivity index is 3.05. The first-order valence-corrected chi connectivity index (χ1v) is 8.23. The number of rotatable bonds is 3. The summed E-state index contributed by atoms with van der Waals surface area (Å²) in [4.78, 5) is 40.4. The lowest BCUT2D eigenvalue weighted by Gasteiger charge is -2.33. The van der Waals surface area contributed by atoms with Gasteiger partial charge in [-0.3, -0.25) is 14.1 Å². The van der Waals surface area contributed by atoms with Crippen LogP contribution >= 0.6 is 15.2 Å². The highest BCUT2D eigenvalue weighted by Crippen LogP contribution is 2.67. The van der Waals surface area contributed by atoms with Crippen molar-refractivity contribution in [1.29, 1.82) is 0 Å². The quantitative estimate of drug-likeness (QED) is 0.466. The van der Waals surface area contributed by atoms with E-state index in [2.05, 4.69) is 10.3 Å². The van der Waals surface area contributed by atoms with Crippen LogP contribution in [0, 0.1) is 0 Å². The van der Waals surface area contributed by atoms with Crippen LogP contribution in [0.5, 0.6) is 0 Å². The van der Waals surface area contributed by atoms with E-state index in [9.17, 15) is 9.13 Å². The molecule has 0 aromatic carbocycles. The maximum absolute atomic E-state index is 11.3. The molecule has 1 aliphatic heterocycles. The predicted octanol–water partition coefficient (Wildman–Crippen LogP) is 0.187. The summed E-state index contributed by atoms with van der Waals surface area (Å²) in [6, 6.07) is 0. The summed E-state index contributed by atoms with van der Waals surface area (Å²) in [7, 11) is -10.1. The van der Waals surface area contributed by atoms with Gasteiger partial charge in [-0.05, 0) is 19.8 Å². The monoisotopic (exact) mass is 286 g/mol. The van der Waals surface area contributed by atoms with Gasteiger partial charge >= 0.3 is 15.2 Å². The third kappa shape index (κ3) is 3.16. The van der Waals surface area contributed by atoms with Crippen molar-refractivity contribution in [2.45, 2.75) is 31.2 Å². The lowest BCUT2D eigenvalue weighted by Crippen LogP contribution is -2.46. The Hall–Kier alpha value is -0.230. The minimum atomic E-state index is -5.03. The van der Waals surface area contributed by atoms with Crippen LogP contribution < -0.4 is 5.32 Å². The highest BCUT2D eigenvalue weighted by molar-refractivity contribution is 7.72. The first-order valence-electron chi connectivity index (χ1n) is 5.01. The van der Waals surface area contributed by atoms with Crippen molar-refractivity contribution < 1.29 is 28.7 Å². The number of hydrogen-bond donors (Lipinski definition) is 5. The Kier molecular flexibility index (Phi) is 4.19. The van der Waals surface area contributed by atoms with Crippen LogP contribution in [-0.4, -0.2) is 37.0 Å². The van der Waals surface area contributed by atoms with E-state index in [-0.39, 0.29) is 5.84 Å². The fourth-order valence-corrected chi connectivity index (χ4v) is 3.30. The molecule has 0 aromatic heterocycles. The minimum absolute atomic E-state index is 0.227. The standard InChI is InChI=1S/C7H16N2O6P2/c1-7(16(10,11)12,17(13,14)15)9-6-4-2-3-5-8-6/h2-5H2,1H3,(H,8,9)(H2,10,11,12)(H2,13,14,15). The van der Waals surface area contributed by atoms with Gasteiger partial charge in [-0.2, -0.15) is 0 Å². The van der Waals surface area contributed by atoms with Gasteiger partial charge in [-0.15, -0.1) is 0 Å². The van der Waals surface area contributed by atoms with E-state index in [1.165, 1.54) is 0 Å². The summed E-state index contributed by atoms with van der Waals surface area (Å²) >= 11 is 0. The molecule has 100 valence electrons. The Bertz CT molecular complexity index is 389. The second-order valence-electron chi connectivity index (χ2n) is 4.02. The van der Waals surface area contributed by atoms with E-state index < -0.39 is 20.2 Å². The lowest BCUT2D eigenvalue weighted by atomic mass is 10.2. The Morgan fingerprint density at radius 3 is 2.06 bits per heavy atom. The van der Waals surface area contributed by atoms with Crippen molar-refractivity contribution >= 4 is 21.0 Å². The molecule has 0 unspecified atom stereocenters. The van der Waals surface area contributed by atoms with Crippen LogP contribution in [0.2, 0.25) is 0 Å². The summed E-state index contributed by atoms with van der Waals surface area (Å²) in [6.07, 6.45) is 2.05. The molecule has 8 nitrogen and oxygen atoms in total. The van der Waals surface area contributed by atoms with Gasteiger partial charge in [0.25, 0.3) is 0 Å². The molecule has 0 spiro atoms. The highest BCUT2D eigenvalue weighted by atomic mass is 31.2. The van der Waals surface area contributed by atoms with Gasteiger partial charge in [0.15, 0.2) is 0 Å². The van der Waals surface area contributed by atoms with Crippen LogP contribution in [0.25, 0.3) is 0 Å². The zero-order valence-corrected chi connectivity index (χ0v) is 11.1. The summed E-state index contributed by atoms with van der Waals surface area (Å²) < 4.78 is 22.5. The minimum Gasteiger partial charge on any atom is -0.348 e. The van der Waals surface area contributed by atoms with Crippen LogP contribution in [0.3, 0.4) is 0 Å². The molecule has 5 N–H and O–H groups in total. The highest BCUT2D eigenvalue weighted by Gasteiger charge is 2.57. The number of nitrogens with one attached hydrogen (secondary N) is 1. The van der Waals surface area contributed by atoms with E-state index in [4.69, 9.17) is 19.6 Å². The Labute approximate surface area is 98.5 Å². The molecule has 0 aliphatic carbocycles. The average molecular weight is 286 g/mol. The first-order chi connectivity index (χ1) is 7.58. The van der Waals surface area contributed by atoms with Crippen LogP contribution in [0.1, 0.15) is 26.2 Å². The topological polar surface area (TPSA) is 139 Å². The molecule has 1 aliphatic rings. The third-order valence-corrected chi connectivity index (χ3v) is 6.70. The van der Waals surface area contributed by atoms with E-state index in [1.54, 1.807) is 0 Å². The molecular formula is C7H16N2O6P2. The smallest absolute Gasteiger partial charge is 0.348 e. The van der Waals surface area contributed by atoms with E-state index in [0.717, 1.165) is 19.8 Å². The van der Waals surface area contributed by atoms with Crippen LogP contribution in [0.4, 0.5) is 0 Å². The molecule has 10 heteroatoms. The predicted molar refractivity (Wildman–Crippen MR) is 61.8 cm³/mol. The molecule has 0 atom stereocenters. The van der Waals surface area contributed by atoms with Gasteiger partial charge in [0.2, 0.25) is 5.02 Å². The van der Waals surface area contributed by atoms with Crippen LogP contribution in [0.15, 0.2) is 4.99 Å². The largest absolute Gasteiger partial charge is 0.362 e. The summed E-state index contributed by atoms with van der Waals surface area (Å²) in [5, 5.41) is -0.379. The molecule has 0 radical (unpaired) electrons. The molecule has 1 heterocycles. The maximum atomic E-state index is 11.3. The molecule has 0 aromatic rings. The maximum Gasteiger partial charge on any atom is 0.362 e. The number of aliphatic imine (C=N–C) groups is 1. The molecule has 1 rings (SSSR count). The zero-order chi connectivity index (χ0) is 13.3. The summed E-state index contributed by atoms with van der Waals surface area (Å²) in [5.41, 5.74) is 0. The van der Waals surface area contributed by atoms with Crippen molar-refractivity contribution in [3.63, 3.8) is 0 Å². The molecular weight excluding hydrogens is 270 g/mol. The molecule has 0 saturated carbocycles. The van der Waals surface area contributed by atoms with Gasteiger partial charge < -0.3 is 24.9 Å². The Morgan fingerprint density at radius 1 is 1.18 bits per heavy atom. The van der Waals surface area contributed by atoms with Gasteiger partial charge in [-0.25, -0.2) is 0 Å². The fourth-order valence-electron chi connectivity index (χ4n) is 1.39. The number of hydrogen-bond acceptors (Lipinski definition) is 4. The van der Waals surface area contributed by atoms with Crippen molar-refractivity contribution in [1.82, 2.24) is 5.32 Å². The fraction of sp³-hybridized carbons (Fsp3) is 0.857. The van der Waals surface area contributed by atoms with Crippen molar-refractivity contribution in [3.8, 4) is 0 Å². The molecule has 0 fully saturated rings. The third-order valence-electron chi connectivity index (χ3n) is 2.64. The summed E-state index contributed by atoms with van der Waals surface area (Å²) in [5.74, 6) is 0.227. The molecule has 17 heavy (non-hydrogen) atoms. The first kappa shape index (κ1) is 14.8. The van der Waals surface area contributed by atoms with E-state index in [1.807, 2.05) is 0 Å². The van der Waals surface area contributed by atoms with Gasteiger partial charge in [0.1, 0.15) is 0 Å². The normalized spacial score (nSPS) is 18.8. The van der Waals surface area contributed by atoms with E-state index in [0.29, 0.717) is 13.0 Å². The van der Waals surface area contributed by atoms with Gasteiger partial charge in [0.05, 0.1) is 5.84 Å². The number of nitrogens with zero attached hydrogens (tertiary/aromatic N) is 1. The summed E-state index contributed by atoms with van der Waals surface area (Å²) in [6.45, 7) is 1.30. The van der Waals surface area contributed by atoms with Crippen LogP contribution in [-0.2, 0) is 9.13 Å². The average Bonchev–Trinajstić information content (AvgIpc) is 2.15. The Morgan fingerprint density at radius 2 is 1.71 bits per heavy atom. The second-order valence-corrected chi connectivity index (χ2v) is 8.34. The van der Waals surface area contributed by atoms with Gasteiger partial charge in [0, 0.05) is 13.0 Å². The van der Waals surface area contributed by atoms with E-state index >= 15 is 0 Å². The van der Waals surface area contributed by atoms with Crippen molar-refractivity contribution in [3.05, 3.63) is 0 Å². The number of amidine groups is 1.